The number of rotatable bonds is 2. The third kappa shape index (κ3) is 2.61. The molecule has 122 valence electrons. The number of phenolic OH excluding ortho intramolecular Hbond substituents is 1. The van der Waals surface area contributed by atoms with Crippen LogP contribution in [-0.2, 0) is 0 Å². The third-order valence-electron chi connectivity index (χ3n) is 4.22. The van der Waals surface area contributed by atoms with Crippen LogP contribution in [0.3, 0.4) is 0 Å². The van der Waals surface area contributed by atoms with E-state index in [9.17, 15) is 5.11 Å². The number of benzene rings is 4. The van der Waals surface area contributed by atoms with Crippen LogP contribution in [0.15, 0.2) is 77.0 Å². The van der Waals surface area contributed by atoms with Crippen LogP contribution in [0.2, 0.25) is 0 Å². The average molecular weight is 328 g/mol. The zero-order chi connectivity index (χ0) is 17.4. The Bertz CT molecular complexity index is 1140. The molecule has 0 aliphatic rings. The zero-order valence-corrected chi connectivity index (χ0v) is 13.3. The van der Waals surface area contributed by atoms with E-state index < -0.39 is 0 Å². The van der Waals surface area contributed by atoms with E-state index >= 15 is 0 Å². The molecule has 0 aliphatic heterocycles. The molecule has 0 aliphatic carbocycles. The van der Waals surface area contributed by atoms with Crippen LogP contribution in [0.25, 0.3) is 21.5 Å². The first-order chi connectivity index (χ1) is 12.1. The van der Waals surface area contributed by atoms with Gasteiger partial charge in [-0.3, -0.25) is 0 Å². The van der Waals surface area contributed by atoms with Crippen molar-refractivity contribution in [3.05, 3.63) is 66.7 Å². The van der Waals surface area contributed by atoms with Crippen LogP contribution < -0.4 is 11.5 Å². The molecule has 4 aromatic rings. The summed E-state index contributed by atoms with van der Waals surface area (Å²) in [5.74, 6) is -0.0214. The lowest BCUT2D eigenvalue weighted by Gasteiger charge is -2.08. The molecule has 0 saturated heterocycles. The maximum Gasteiger partial charge on any atom is 0.153 e. The smallest absolute Gasteiger partial charge is 0.153 e. The molecule has 0 atom stereocenters. The molecule has 0 bridgehead atoms. The summed E-state index contributed by atoms with van der Waals surface area (Å²) < 4.78 is 0. The van der Waals surface area contributed by atoms with Gasteiger partial charge in [0.15, 0.2) is 5.75 Å². The Hall–Kier alpha value is -3.60. The van der Waals surface area contributed by atoms with Gasteiger partial charge in [0.1, 0.15) is 5.69 Å². The minimum atomic E-state index is -0.0214. The van der Waals surface area contributed by atoms with Crippen LogP contribution in [0.5, 0.6) is 5.75 Å². The van der Waals surface area contributed by atoms with E-state index in [0.717, 1.165) is 16.2 Å². The van der Waals surface area contributed by atoms with E-state index in [-0.39, 0.29) is 5.75 Å². The summed E-state index contributed by atoms with van der Waals surface area (Å²) in [6.07, 6.45) is 0. The Morgan fingerprint density at radius 3 is 2.28 bits per heavy atom. The Morgan fingerprint density at radius 2 is 1.44 bits per heavy atom. The molecule has 5 heteroatoms. The summed E-state index contributed by atoms with van der Waals surface area (Å²) >= 11 is 0. The van der Waals surface area contributed by atoms with Crippen LogP contribution in [0.4, 0.5) is 22.7 Å². The number of azo groups is 1. The van der Waals surface area contributed by atoms with Crippen LogP contribution in [0.1, 0.15) is 0 Å². The third-order valence-corrected chi connectivity index (χ3v) is 4.22. The van der Waals surface area contributed by atoms with Crippen molar-refractivity contribution < 1.29 is 5.11 Å². The van der Waals surface area contributed by atoms with Crippen LogP contribution >= 0.6 is 0 Å². The summed E-state index contributed by atoms with van der Waals surface area (Å²) in [4.78, 5) is 0. The van der Waals surface area contributed by atoms with E-state index in [1.165, 1.54) is 0 Å². The Labute approximate surface area is 144 Å². The molecule has 0 heterocycles. The number of hydrogen-bond donors (Lipinski definition) is 3. The van der Waals surface area contributed by atoms with Crippen molar-refractivity contribution in [1.82, 2.24) is 0 Å². The lowest BCUT2D eigenvalue weighted by atomic mass is 10.1. The van der Waals surface area contributed by atoms with E-state index in [0.29, 0.717) is 28.1 Å². The van der Waals surface area contributed by atoms with Crippen molar-refractivity contribution in [3.63, 3.8) is 0 Å². The molecule has 0 fully saturated rings. The van der Waals surface area contributed by atoms with Gasteiger partial charge < -0.3 is 16.6 Å². The monoisotopic (exact) mass is 328 g/mol. The van der Waals surface area contributed by atoms with E-state index in [4.69, 9.17) is 11.5 Å². The van der Waals surface area contributed by atoms with Gasteiger partial charge in [-0.25, -0.2) is 0 Å². The van der Waals surface area contributed by atoms with Crippen LogP contribution in [-0.4, -0.2) is 5.11 Å². The summed E-state index contributed by atoms with van der Waals surface area (Å²) in [5, 5.41) is 22.5. The van der Waals surface area contributed by atoms with E-state index in [1.807, 2.05) is 54.6 Å². The van der Waals surface area contributed by atoms with E-state index in [2.05, 4.69) is 10.2 Å². The first-order valence-corrected chi connectivity index (χ1v) is 7.83. The second kappa shape index (κ2) is 5.79. The fourth-order valence-corrected chi connectivity index (χ4v) is 2.86. The number of nitrogens with two attached hydrogens (primary N) is 2. The lowest BCUT2D eigenvalue weighted by molar-refractivity contribution is 0.483. The van der Waals surface area contributed by atoms with Crippen molar-refractivity contribution in [2.75, 3.05) is 11.5 Å². The van der Waals surface area contributed by atoms with Crippen molar-refractivity contribution in [1.29, 1.82) is 0 Å². The molecule has 5 nitrogen and oxygen atoms in total. The predicted molar refractivity (Wildman–Crippen MR) is 103 cm³/mol. The van der Waals surface area contributed by atoms with Crippen molar-refractivity contribution >= 4 is 44.3 Å². The van der Waals surface area contributed by atoms with Crippen molar-refractivity contribution in [2.45, 2.75) is 0 Å². The average Bonchev–Trinajstić information content (AvgIpc) is 2.64. The number of phenols is 1. The van der Waals surface area contributed by atoms with Crippen LogP contribution in [0, 0.1) is 0 Å². The van der Waals surface area contributed by atoms with Gasteiger partial charge in [0.2, 0.25) is 0 Å². The highest BCUT2D eigenvalue weighted by Crippen LogP contribution is 2.40. The molecule has 4 rings (SSSR count). The second-order valence-electron chi connectivity index (χ2n) is 5.83. The number of hydrogen-bond acceptors (Lipinski definition) is 5. The maximum atomic E-state index is 10.5. The molecule has 4 aromatic carbocycles. The van der Waals surface area contributed by atoms with Gasteiger partial charge >= 0.3 is 0 Å². The molecule has 0 radical (unpaired) electrons. The normalized spacial score (nSPS) is 11.5. The van der Waals surface area contributed by atoms with Gasteiger partial charge in [-0.05, 0) is 40.4 Å². The van der Waals surface area contributed by atoms with Gasteiger partial charge in [-0.15, -0.1) is 5.11 Å². The molecule has 0 unspecified atom stereocenters. The first-order valence-electron chi connectivity index (χ1n) is 7.83. The van der Waals surface area contributed by atoms with Gasteiger partial charge in [0.25, 0.3) is 0 Å². The molecule has 0 saturated carbocycles. The van der Waals surface area contributed by atoms with Gasteiger partial charge in [0, 0.05) is 0 Å². The Morgan fingerprint density at radius 1 is 0.720 bits per heavy atom. The molecule has 25 heavy (non-hydrogen) atoms. The predicted octanol–water partition coefficient (Wildman–Crippen LogP) is 5.28. The van der Waals surface area contributed by atoms with Gasteiger partial charge in [-0.2, -0.15) is 5.11 Å². The highest BCUT2D eigenvalue weighted by atomic mass is 16.3. The molecule has 0 spiro atoms. The lowest BCUT2D eigenvalue weighted by Crippen LogP contribution is -1.95. The molecular formula is C20H16N4O. The van der Waals surface area contributed by atoms with Crippen molar-refractivity contribution in [3.8, 4) is 5.75 Å². The summed E-state index contributed by atoms with van der Waals surface area (Å²) in [7, 11) is 0. The highest BCUT2D eigenvalue weighted by molar-refractivity contribution is 6.04. The summed E-state index contributed by atoms with van der Waals surface area (Å²) in [6.45, 7) is 0. The quantitative estimate of drug-likeness (QED) is 0.345. The highest BCUT2D eigenvalue weighted by Gasteiger charge is 2.11. The number of nitrogens with zero attached hydrogens (tertiary/aromatic N) is 2. The molecule has 0 amide bonds. The molecular weight excluding hydrogens is 312 g/mol. The standard InChI is InChI=1S/C20H16N4O/c21-16-9-6-13-7-10-17(20(25)18(13)19(16)22)24-23-15-8-5-12-3-1-2-4-14(12)11-15/h1-11,25H,21-22H2. The topological polar surface area (TPSA) is 97.0 Å². The largest absolute Gasteiger partial charge is 0.505 e. The SMILES string of the molecule is Nc1ccc2ccc(N=Nc3ccc4ccccc4c3)c(O)c2c1N. The number of anilines is 2. The van der Waals surface area contributed by atoms with Gasteiger partial charge in [-0.1, -0.05) is 42.5 Å². The Kier molecular flexibility index (Phi) is 3.47. The molecule has 0 aromatic heterocycles. The maximum absolute atomic E-state index is 10.5. The minimum Gasteiger partial charge on any atom is -0.505 e. The minimum absolute atomic E-state index is 0.0214. The number of fused-ring (bicyclic) bond motifs is 2. The fourth-order valence-electron chi connectivity index (χ4n) is 2.86. The summed E-state index contributed by atoms with van der Waals surface area (Å²) in [5.41, 5.74) is 13.7. The second-order valence-corrected chi connectivity index (χ2v) is 5.83. The zero-order valence-electron chi connectivity index (χ0n) is 13.3. The molecule has 5 N–H and O–H groups in total. The number of nitrogen functional groups attached to an aromatic ring is 2. The number of aromatic hydroxyl groups is 1. The summed E-state index contributed by atoms with van der Waals surface area (Å²) in [6, 6.07) is 20.9. The van der Waals surface area contributed by atoms with Crippen molar-refractivity contribution in [2.24, 2.45) is 10.2 Å². The van der Waals surface area contributed by atoms with E-state index in [1.54, 1.807) is 12.1 Å². The Balaban J connectivity index is 1.77. The van der Waals surface area contributed by atoms with Gasteiger partial charge in [0.05, 0.1) is 22.4 Å². The fraction of sp³-hybridized carbons (Fsp3) is 0. The first kappa shape index (κ1) is 15.0.